The van der Waals surface area contributed by atoms with Gasteiger partial charge in [0.2, 0.25) is 10.0 Å². The Balaban J connectivity index is 2.00. The van der Waals surface area contributed by atoms with Gasteiger partial charge in [-0.15, -0.1) is 0 Å². The maximum absolute atomic E-state index is 11.8. The zero-order valence-corrected chi connectivity index (χ0v) is 10.4. The number of hydrogen-bond acceptors (Lipinski definition) is 4. The molecule has 0 bridgehead atoms. The summed E-state index contributed by atoms with van der Waals surface area (Å²) in [6.07, 6.45) is 3.14. The van der Waals surface area contributed by atoms with Crippen LogP contribution in [0.25, 0.3) is 0 Å². The SMILES string of the molecule is CC(CO)S(=O)(=O)NC1CCN2CCCC12. The van der Waals surface area contributed by atoms with Gasteiger partial charge in [-0.25, -0.2) is 13.1 Å². The van der Waals surface area contributed by atoms with E-state index in [9.17, 15) is 8.42 Å². The van der Waals surface area contributed by atoms with Crippen molar-refractivity contribution in [3.8, 4) is 0 Å². The summed E-state index contributed by atoms with van der Waals surface area (Å²) < 4.78 is 26.4. The van der Waals surface area contributed by atoms with Crippen molar-refractivity contribution in [1.82, 2.24) is 9.62 Å². The second kappa shape index (κ2) is 4.60. The lowest BCUT2D eigenvalue weighted by Crippen LogP contribution is -2.46. The molecule has 2 N–H and O–H groups in total. The maximum Gasteiger partial charge on any atom is 0.216 e. The van der Waals surface area contributed by atoms with Gasteiger partial charge in [0.25, 0.3) is 0 Å². The molecule has 16 heavy (non-hydrogen) atoms. The van der Waals surface area contributed by atoms with Crippen molar-refractivity contribution in [2.75, 3.05) is 19.7 Å². The Morgan fingerprint density at radius 1 is 1.44 bits per heavy atom. The first-order valence-corrected chi connectivity index (χ1v) is 7.45. The molecule has 0 aromatic carbocycles. The lowest BCUT2D eigenvalue weighted by atomic mass is 10.1. The Labute approximate surface area is 96.9 Å². The highest BCUT2D eigenvalue weighted by Crippen LogP contribution is 2.28. The molecule has 0 saturated carbocycles. The van der Waals surface area contributed by atoms with Crippen LogP contribution in [-0.4, -0.2) is 55.5 Å². The first kappa shape index (κ1) is 12.3. The minimum Gasteiger partial charge on any atom is -0.395 e. The van der Waals surface area contributed by atoms with Crippen LogP contribution in [0.5, 0.6) is 0 Å². The van der Waals surface area contributed by atoms with E-state index in [-0.39, 0.29) is 12.6 Å². The molecule has 0 aromatic rings. The molecule has 94 valence electrons. The summed E-state index contributed by atoms with van der Waals surface area (Å²) in [5.74, 6) is 0. The predicted molar refractivity (Wildman–Crippen MR) is 61.6 cm³/mol. The predicted octanol–water partition coefficient (Wildman–Crippen LogP) is -0.477. The van der Waals surface area contributed by atoms with Crippen LogP contribution >= 0.6 is 0 Å². The van der Waals surface area contributed by atoms with E-state index < -0.39 is 15.3 Å². The van der Waals surface area contributed by atoms with Crippen LogP contribution in [0, 0.1) is 0 Å². The van der Waals surface area contributed by atoms with Crippen molar-refractivity contribution in [3.05, 3.63) is 0 Å². The van der Waals surface area contributed by atoms with Crippen molar-refractivity contribution in [2.45, 2.75) is 43.5 Å². The molecular weight excluding hydrogens is 228 g/mol. The average Bonchev–Trinajstić information content (AvgIpc) is 2.81. The molecule has 2 aliphatic rings. The van der Waals surface area contributed by atoms with E-state index in [1.807, 2.05) is 0 Å². The van der Waals surface area contributed by atoms with Gasteiger partial charge in [0.15, 0.2) is 0 Å². The van der Waals surface area contributed by atoms with Gasteiger partial charge in [-0.05, 0) is 32.7 Å². The fourth-order valence-electron chi connectivity index (χ4n) is 2.65. The highest BCUT2D eigenvalue weighted by Gasteiger charge is 2.39. The zero-order chi connectivity index (χ0) is 11.8. The molecular formula is C10H20N2O3S. The van der Waals surface area contributed by atoms with Gasteiger partial charge in [-0.2, -0.15) is 0 Å². The molecule has 5 nitrogen and oxygen atoms in total. The minimum atomic E-state index is -3.36. The van der Waals surface area contributed by atoms with E-state index >= 15 is 0 Å². The molecule has 2 saturated heterocycles. The third-order valence-electron chi connectivity index (χ3n) is 3.71. The zero-order valence-electron chi connectivity index (χ0n) is 9.59. The standard InChI is InChI=1S/C10H20N2O3S/c1-8(7-13)16(14,15)11-9-4-6-12-5-2-3-10(9)12/h8-11,13H,2-7H2,1H3. The van der Waals surface area contributed by atoms with Crippen LogP contribution in [0.2, 0.25) is 0 Å². The number of nitrogens with zero attached hydrogens (tertiary/aromatic N) is 1. The molecule has 3 unspecified atom stereocenters. The second-order valence-corrected chi connectivity index (χ2v) is 6.93. The Hall–Kier alpha value is -0.170. The van der Waals surface area contributed by atoms with Crippen LogP contribution < -0.4 is 4.72 Å². The summed E-state index contributed by atoms with van der Waals surface area (Å²) in [5.41, 5.74) is 0. The third kappa shape index (κ3) is 2.25. The molecule has 2 heterocycles. The Bertz CT molecular complexity index is 344. The normalized spacial score (nSPS) is 32.9. The summed E-state index contributed by atoms with van der Waals surface area (Å²) in [7, 11) is -3.36. The van der Waals surface area contributed by atoms with Crippen molar-refractivity contribution in [3.63, 3.8) is 0 Å². The van der Waals surface area contributed by atoms with Crippen LogP contribution in [0.1, 0.15) is 26.2 Å². The highest BCUT2D eigenvalue weighted by molar-refractivity contribution is 7.90. The quantitative estimate of drug-likeness (QED) is 0.705. The number of rotatable bonds is 4. The van der Waals surface area contributed by atoms with Crippen molar-refractivity contribution in [1.29, 1.82) is 0 Å². The van der Waals surface area contributed by atoms with E-state index in [1.165, 1.54) is 13.3 Å². The lowest BCUT2D eigenvalue weighted by molar-refractivity contribution is 0.291. The third-order valence-corrected chi connectivity index (χ3v) is 5.55. The molecule has 2 aliphatic heterocycles. The van der Waals surface area contributed by atoms with Gasteiger partial charge < -0.3 is 5.11 Å². The fourth-order valence-corrected chi connectivity index (χ4v) is 3.77. The van der Waals surface area contributed by atoms with E-state index in [4.69, 9.17) is 5.11 Å². The summed E-state index contributed by atoms with van der Waals surface area (Å²) in [4.78, 5) is 2.36. The highest BCUT2D eigenvalue weighted by atomic mass is 32.2. The van der Waals surface area contributed by atoms with Gasteiger partial charge in [0, 0.05) is 18.6 Å². The van der Waals surface area contributed by atoms with E-state index in [0.29, 0.717) is 6.04 Å². The summed E-state index contributed by atoms with van der Waals surface area (Å²) >= 11 is 0. The van der Waals surface area contributed by atoms with Crippen molar-refractivity contribution < 1.29 is 13.5 Å². The van der Waals surface area contributed by atoms with Gasteiger partial charge in [0.05, 0.1) is 11.9 Å². The average molecular weight is 248 g/mol. The fraction of sp³-hybridized carbons (Fsp3) is 1.00. The molecule has 6 heteroatoms. The van der Waals surface area contributed by atoms with Crippen LogP contribution in [-0.2, 0) is 10.0 Å². The monoisotopic (exact) mass is 248 g/mol. The van der Waals surface area contributed by atoms with Gasteiger partial charge in [-0.3, -0.25) is 4.90 Å². The topological polar surface area (TPSA) is 69.6 Å². The molecule has 2 fully saturated rings. The molecule has 0 aliphatic carbocycles. The maximum atomic E-state index is 11.8. The Morgan fingerprint density at radius 3 is 2.88 bits per heavy atom. The van der Waals surface area contributed by atoms with Crippen LogP contribution in [0.15, 0.2) is 0 Å². The minimum absolute atomic E-state index is 0.0431. The summed E-state index contributed by atoms with van der Waals surface area (Å²) in [6, 6.07) is 0.419. The van der Waals surface area contributed by atoms with Crippen LogP contribution in [0.4, 0.5) is 0 Å². The number of aliphatic hydroxyl groups is 1. The summed E-state index contributed by atoms with van der Waals surface area (Å²) in [5, 5.41) is 8.18. The molecule has 0 radical (unpaired) electrons. The lowest BCUT2D eigenvalue weighted by Gasteiger charge is -2.22. The Kier molecular flexibility index (Phi) is 3.53. The first-order valence-electron chi connectivity index (χ1n) is 5.90. The van der Waals surface area contributed by atoms with Gasteiger partial charge >= 0.3 is 0 Å². The molecule has 0 amide bonds. The van der Waals surface area contributed by atoms with Gasteiger partial charge in [-0.1, -0.05) is 0 Å². The molecule has 3 atom stereocenters. The molecule has 2 rings (SSSR count). The largest absolute Gasteiger partial charge is 0.395 e. The number of sulfonamides is 1. The van der Waals surface area contributed by atoms with E-state index in [2.05, 4.69) is 9.62 Å². The van der Waals surface area contributed by atoms with Crippen LogP contribution in [0.3, 0.4) is 0 Å². The molecule has 0 aromatic heterocycles. The second-order valence-electron chi connectivity index (χ2n) is 4.80. The number of fused-ring (bicyclic) bond motifs is 1. The smallest absolute Gasteiger partial charge is 0.216 e. The number of aliphatic hydroxyl groups excluding tert-OH is 1. The molecule has 0 spiro atoms. The first-order chi connectivity index (χ1) is 7.54. The Morgan fingerprint density at radius 2 is 2.19 bits per heavy atom. The van der Waals surface area contributed by atoms with Crippen molar-refractivity contribution in [2.24, 2.45) is 0 Å². The number of nitrogens with one attached hydrogen (secondary N) is 1. The summed E-state index contributed by atoms with van der Waals surface area (Å²) in [6.45, 7) is 3.30. The van der Waals surface area contributed by atoms with Crippen molar-refractivity contribution >= 4 is 10.0 Å². The number of hydrogen-bond donors (Lipinski definition) is 2. The van der Waals surface area contributed by atoms with E-state index in [0.717, 1.165) is 25.9 Å². The van der Waals surface area contributed by atoms with E-state index in [1.54, 1.807) is 0 Å². The van der Waals surface area contributed by atoms with Gasteiger partial charge in [0.1, 0.15) is 0 Å².